The zero-order valence-electron chi connectivity index (χ0n) is 20.3. The molecule has 1 saturated heterocycles. The van der Waals surface area contributed by atoms with Crippen LogP contribution in [0.3, 0.4) is 0 Å². The highest BCUT2D eigenvalue weighted by atomic mass is 19.1. The molecule has 8 heteroatoms. The van der Waals surface area contributed by atoms with E-state index in [4.69, 9.17) is 9.47 Å². The average molecular weight is 482 g/mol. The summed E-state index contributed by atoms with van der Waals surface area (Å²) in [6.07, 6.45) is 2.51. The summed E-state index contributed by atoms with van der Waals surface area (Å²) in [7, 11) is 0. The van der Waals surface area contributed by atoms with Gasteiger partial charge in [0.25, 0.3) is 0 Å². The van der Waals surface area contributed by atoms with Crippen LogP contribution in [0.1, 0.15) is 50.7 Å². The monoisotopic (exact) mass is 481 g/mol. The molecule has 1 aliphatic heterocycles. The van der Waals surface area contributed by atoms with Crippen LogP contribution in [0, 0.1) is 5.82 Å². The maximum Gasteiger partial charge on any atom is 0.410 e. The lowest BCUT2D eigenvalue weighted by Gasteiger charge is -2.33. The van der Waals surface area contributed by atoms with E-state index in [1.807, 2.05) is 57.3 Å². The van der Waals surface area contributed by atoms with Crippen molar-refractivity contribution in [2.24, 2.45) is 0 Å². The number of fused-ring (bicyclic) bond motifs is 1. The molecule has 1 fully saturated rings. The van der Waals surface area contributed by atoms with Crippen molar-refractivity contribution in [1.82, 2.24) is 15.2 Å². The zero-order valence-corrected chi connectivity index (χ0v) is 20.3. The van der Waals surface area contributed by atoms with Crippen molar-refractivity contribution in [1.29, 1.82) is 0 Å². The molecule has 2 unspecified atom stereocenters. The molecular weight excluding hydrogens is 449 g/mol. The second kappa shape index (κ2) is 10.4. The number of rotatable bonds is 6. The Bertz CT molecular complexity index is 1170. The summed E-state index contributed by atoms with van der Waals surface area (Å²) in [6, 6.07) is 13.8. The van der Waals surface area contributed by atoms with Crippen LogP contribution in [0.4, 0.5) is 14.0 Å². The van der Waals surface area contributed by atoms with E-state index in [0.717, 1.165) is 29.4 Å². The summed E-state index contributed by atoms with van der Waals surface area (Å²) < 4.78 is 24.8. The maximum absolute atomic E-state index is 13.8. The Labute approximate surface area is 204 Å². The predicted molar refractivity (Wildman–Crippen MR) is 132 cm³/mol. The van der Waals surface area contributed by atoms with Crippen LogP contribution in [0.25, 0.3) is 10.9 Å². The molecule has 2 amide bonds. The summed E-state index contributed by atoms with van der Waals surface area (Å²) in [5.41, 5.74) is 1.85. The molecule has 2 heterocycles. The molecule has 0 aliphatic carbocycles. The van der Waals surface area contributed by atoms with E-state index >= 15 is 0 Å². The van der Waals surface area contributed by atoms with Gasteiger partial charge < -0.3 is 24.7 Å². The molecule has 1 aromatic heterocycles. The minimum absolute atomic E-state index is 0.164. The number of nitrogens with one attached hydrogen (secondary N) is 2. The molecule has 0 radical (unpaired) electrons. The number of alkyl carbamates (subject to hydrolysis) is 1. The highest BCUT2D eigenvalue weighted by Gasteiger charge is 2.38. The lowest BCUT2D eigenvalue weighted by Crippen LogP contribution is -2.45. The average Bonchev–Trinajstić information content (AvgIpc) is 3.45. The molecule has 4 rings (SSSR count). The predicted octanol–water partition coefficient (Wildman–Crippen LogP) is 5.72. The Morgan fingerprint density at radius 2 is 1.97 bits per heavy atom. The third kappa shape index (κ3) is 6.12. The van der Waals surface area contributed by atoms with E-state index in [1.54, 1.807) is 11.0 Å². The summed E-state index contributed by atoms with van der Waals surface area (Å²) in [4.78, 5) is 30.4. The quantitative estimate of drug-likeness (QED) is 0.472. The number of likely N-dealkylation sites (tertiary alicyclic amines) is 1. The SMILES string of the molecule is CC(C)(C)OC(=O)N1CCCC1C(CNC(=O)OCc1ccccc1)c1c[nH]c2cc(F)ccc12. The Balaban J connectivity index is 1.54. The summed E-state index contributed by atoms with van der Waals surface area (Å²) in [5, 5.41) is 3.73. The Morgan fingerprint density at radius 3 is 2.71 bits per heavy atom. The minimum atomic E-state index is -0.614. The number of hydrogen-bond donors (Lipinski definition) is 2. The minimum Gasteiger partial charge on any atom is -0.445 e. The first-order valence-corrected chi connectivity index (χ1v) is 11.9. The highest BCUT2D eigenvalue weighted by Crippen LogP contribution is 2.35. The van der Waals surface area contributed by atoms with Gasteiger partial charge in [0.1, 0.15) is 18.0 Å². The number of hydrogen-bond acceptors (Lipinski definition) is 4. The number of nitrogens with zero attached hydrogens (tertiary/aromatic N) is 1. The van der Waals surface area contributed by atoms with Gasteiger partial charge in [-0.1, -0.05) is 30.3 Å². The first-order valence-electron chi connectivity index (χ1n) is 11.9. The third-order valence-corrected chi connectivity index (χ3v) is 6.15. The second-order valence-corrected chi connectivity index (χ2v) is 9.87. The highest BCUT2D eigenvalue weighted by molar-refractivity contribution is 5.84. The number of halogens is 1. The normalized spacial score (nSPS) is 16.8. The molecule has 1 aliphatic rings. The summed E-state index contributed by atoms with van der Waals surface area (Å²) in [6.45, 7) is 6.51. The van der Waals surface area contributed by atoms with Gasteiger partial charge in [0, 0.05) is 42.1 Å². The van der Waals surface area contributed by atoms with Crippen LogP contribution < -0.4 is 5.32 Å². The molecule has 0 spiro atoms. The third-order valence-electron chi connectivity index (χ3n) is 6.15. The number of H-pyrrole nitrogens is 1. The van der Waals surface area contributed by atoms with E-state index in [0.29, 0.717) is 12.1 Å². The van der Waals surface area contributed by atoms with Crippen molar-refractivity contribution >= 4 is 23.1 Å². The zero-order chi connectivity index (χ0) is 25.0. The van der Waals surface area contributed by atoms with Gasteiger partial charge in [-0.15, -0.1) is 0 Å². The van der Waals surface area contributed by atoms with Gasteiger partial charge >= 0.3 is 12.2 Å². The van der Waals surface area contributed by atoms with Crippen LogP contribution in [-0.4, -0.2) is 46.8 Å². The number of aromatic nitrogens is 1. The number of carbonyl (C=O) groups excluding carboxylic acids is 2. The van der Waals surface area contributed by atoms with Crippen LogP contribution in [0.2, 0.25) is 0 Å². The standard InChI is InChI=1S/C27H32FN3O4/c1-27(2,3)35-26(33)31-13-7-10-24(31)22(21-15-29-23-14-19(28)11-12-20(21)23)16-30-25(32)34-17-18-8-5-4-6-9-18/h4-6,8-9,11-12,14-15,22,24,29H,7,10,13,16-17H2,1-3H3,(H,30,32). The molecule has 2 aromatic carbocycles. The number of aromatic amines is 1. The molecule has 3 aromatic rings. The lowest BCUT2D eigenvalue weighted by atomic mass is 9.89. The van der Waals surface area contributed by atoms with Gasteiger partial charge in [-0.3, -0.25) is 0 Å². The van der Waals surface area contributed by atoms with E-state index in [-0.39, 0.29) is 37.0 Å². The van der Waals surface area contributed by atoms with E-state index < -0.39 is 11.7 Å². The maximum atomic E-state index is 13.8. The Morgan fingerprint density at radius 1 is 1.20 bits per heavy atom. The first kappa shape index (κ1) is 24.6. The van der Waals surface area contributed by atoms with Crippen molar-refractivity contribution in [3.8, 4) is 0 Å². The fourth-order valence-corrected chi connectivity index (χ4v) is 4.61. The number of benzene rings is 2. The summed E-state index contributed by atoms with van der Waals surface area (Å²) in [5.74, 6) is -0.574. The van der Waals surface area contributed by atoms with Crippen LogP contribution in [0.15, 0.2) is 54.7 Å². The van der Waals surface area contributed by atoms with E-state index in [1.165, 1.54) is 12.1 Å². The first-order chi connectivity index (χ1) is 16.7. The van der Waals surface area contributed by atoms with Gasteiger partial charge in [-0.2, -0.15) is 0 Å². The number of ether oxygens (including phenoxy) is 2. The van der Waals surface area contributed by atoms with Crippen molar-refractivity contribution in [2.45, 2.75) is 57.8 Å². The number of amides is 2. The molecular formula is C27H32FN3O4. The molecule has 35 heavy (non-hydrogen) atoms. The molecule has 0 bridgehead atoms. The largest absolute Gasteiger partial charge is 0.445 e. The smallest absolute Gasteiger partial charge is 0.410 e. The fraction of sp³-hybridized carbons (Fsp3) is 0.407. The molecule has 0 saturated carbocycles. The van der Waals surface area contributed by atoms with E-state index in [9.17, 15) is 14.0 Å². The fourth-order valence-electron chi connectivity index (χ4n) is 4.61. The Kier molecular flexibility index (Phi) is 7.28. The van der Waals surface area contributed by atoms with Gasteiger partial charge in [0.05, 0.1) is 0 Å². The van der Waals surface area contributed by atoms with Gasteiger partial charge in [-0.05, 0) is 62.9 Å². The molecule has 2 N–H and O–H groups in total. The van der Waals surface area contributed by atoms with Gasteiger partial charge in [0.2, 0.25) is 0 Å². The second-order valence-electron chi connectivity index (χ2n) is 9.87. The van der Waals surface area contributed by atoms with Crippen molar-refractivity contribution in [3.05, 3.63) is 71.7 Å². The van der Waals surface area contributed by atoms with Crippen LogP contribution in [-0.2, 0) is 16.1 Å². The van der Waals surface area contributed by atoms with Gasteiger partial charge in [0.15, 0.2) is 0 Å². The Hall–Kier alpha value is -3.55. The molecule has 2 atom stereocenters. The number of carbonyl (C=O) groups is 2. The van der Waals surface area contributed by atoms with Crippen LogP contribution >= 0.6 is 0 Å². The lowest BCUT2D eigenvalue weighted by molar-refractivity contribution is 0.0205. The van der Waals surface area contributed by atoms with Crippen molar-refractivity contribution in [3.63, 3.8) is 0 Å². The molecule has 7 nitrogen and oxygen atoms in total. The van der Waals surface area contributed by atoms with Gasteiger partial charge in [-0.25, -0.2) is 14.0 Å². The van der Waals surface area contributed by atoms with E-state index in [2.05, 4.69) is 10.3 Å². The topological polar surface area (TPSA) is 83.7 Å². The summed E-state index contributed by atoms with van der Waals surface area (Å²) >= 11 is 0. The van der Waals surface area contributed by atoms with Crippen LogP contribution in [0.5, 0.6) is 0 Å². The molecule has 186 valence electrons. The van der Waals surface area contributed by atoms with Crippen molar-refractivity contribution < 1.29 is 23.5 Å². The van der Waals surface area contributed by atoms with Crippen molar-refractivity contribution in [2.75, 3.05) is 13.1 Å².